The minimum absolute atomic E-state index is 0.246. The van der Waals surface area contributed by atoms with Crippen molar-refractivity contribution in [3.63, 3.8) is 0 Å². The van der Waals surface area contributed by atoms with E-state index in [1.807, 2.05) is 17.5 Å². The number of rotatable bonds is 3. The van der Waals surface area contributed by atoms with Gasteiger partial charge < -0.3 is 4.98 Å². The number of nitrogens with one attached hydrogen (secondary N) is 2. The SMILES string of the molecule is O=C(N/N=C\c1cccs1)c1ccc2nc[nH]c2c1. The Bertz CT molecular complexity index is 730. The summed E-state index contributed by atoms with van der Waals surface area (Å²) in [7, 11) is 0. The fraction of sp³-hybridized carbons (Fsp3) is 0. The van der Waals surface area contributed by atoms with E-state index in [1.54, 1.807) is 42.1 Å². The summed E-state index contributed by atoms with van der Waals surface area (Å²) in [6.07, 6.45) is 3.22. The molecule has 0 bridgehead atoms. The Morgan fingerprint density at radius 1 is 1.42 bits per heavy atom. The van der Waals surface area contributed by atoms with Crippen LogP contribution in [-0.4, -0.2) is 22.1 Å². The smallest absolute Gasteiger partial charge is 0.271 e. The predicted molar refractivity (Wildman–Crippen MR) is 75.5 cm³/mol. The van der Waals surface area contributed by atoms with Crippen LogP contribution in [0.5, 0.6) is 0 Å². The maximum absolute atomic E-state index is 11.9. The van der Waals surface area contributed by atoms with Gasteiger partial charge in [-0.2, -0.15) is 5.10 Å². The number of fused-ring (bicyclic) bond motifs is 1. The standard InChI is InChI=1S/C13H10N4OS/c18-13(17-16-7-10-2-1-5-19-10)9-3-4-11-12(6-9)15-8-14-11/h1-8H,(H,14,15)(H,17,18)/b16-7-. The quantitative estimate of drug-likeness (QED) is 0.566. The number of benzene rings is 1. The van der Waals surface area contributed by atoms with E-state index in [-0.39, 0.29) is 5.91 Å². The molecule has 5 nitrogen and oxygen atoms in total. The van der Waals surface area contributed by atoms with Gasteiger partial charge in [0.1, 0.15) is 0 Å². The van der Waals surface area contributed by atoms with Crippen molar-refractivity contribution >= 4 is 34.5 Å². The molecule has 0 saturated heterocycles. The number of aromatic nitrogens is 2. The minimum Gasteiger partial charge on any atom is -0.345 e. The van der Waals surface area contributed by atoms with Gasteiger partial charge >= 0.3 is 0 Å². The van der Waals surface area contributed by atoms with Gasteiger partial charge in [0.2, 0.25) is 0 Å². The average molecular weight is 270 g/mol. The second-order valence-electron chi connectivity index (χ2n) is 3.85. The van der Waals surface area contributed by atoms with E-state index < -0.39 is 0 Å². The fourth-order valence-electron chi connectivity index (χ4n) is 1.66. The number of aromatic amines is 1. The Kier molecular flexibility index (Phi) is 3.07. The van der Waals surface area contributed by atoms with Crippen LogP contribution in [-0.2, 0) is 0 Å². The van der Waals surface area contributed by atoms with Crippen LogP contribution in [0, 0.1) is 0 Å². The first-order valence-electron chi connectivity index (χ1n) is 5.63. The molecule has 0 saturated carbocycles. The molecule has 1 aromatic carbocycles. The molecule has 1 amide bonds. The molecule has 0 aliphatic carbocycles. The number of hydrazone groups is 1. The molecular weight excluding hydrogens is 260 g/mol. The van der Waals surface area contributed by atoms with Crippen molar-refractivity contribution in [2.45, 2.75) is 0 Å². The zero-order chi connectivity index (χ0) is 13.1. The van der Waals surface area contributed by atoms with Crippen molar-refractivity contribution in [3.05, 3.63) is 52.5 Å². The highest BCUT2D eigenvalue weighted by Crippen LogP contribution is 2.11. The second-order valence-corrected chi connectivity index (χ2v) is 4.83. The molecule has 2 heterocycles. The molecule has 0 fully saturated rings. The van der Waals surface area contributed by atoms with Crippen LogP contribution in [0.3, 0.4) is 0 Å². The number of amides is 1. The largest absolute Gasteiger partial charge is 0.345 e. The summed E-state index contributed by atoms with van der Waals surface area (Å²) >= 11 is 1.56. The van der Waals surface area contributed by atoms with E-state index in [0.29, 0.717) is 5.56 Å². The van der Waals surface area contributed by atoms with Crippen LogP contribution >= 0.6 is 11.3 Å². The maximum atomic E-state index is 11.9. The summed E-state index contributed by atoms with van der Waals surface area (Å²) in [6.45, 7) is 0. The molecule has 0 aliphatic rings. The van der Waals surface area contributed by atoms with Crippen molar-refractivity contribution in [1.29, 1.82) is 0 Å². The first-order chi connectivity index (χ1) is 9.33. The Morgan fingerprint density at radius 3 is 3.21 bits per heavy atom. The van der Waals surface area contributed by atoms with Crippen molar-refractivity contribution in [2.24, 2.45) is 5.10 Å². The molecule has 2 aromatic heterocycles. The number of hydrogen-bond donors (Lipinski definition) is 2. The summed E-state index contributed by atoms with van der Waals surface area (Å²) in [5.41, 5.74) is 4.70. The molecule has 19 heavy (non-hydrogen) atoms. The van der Waals surface area contributed by atoms with Gasteiger partial charge in [0.25, 0.3) is 5.91 Å². The Balaban J connectivity index is 1.72. The lowest BCUT2D eigenvalue weighted by Gasteiger charge is -1.99. The molecular formula is C13H10N4OS. The number of carbonyl (C=O) groups excluding carboxylic acids is 1. The van der Waals surface area contributed by atoms with Gasteiger partial charge in [-0.25, -0.2) is 10.4 Å². The van der Waals surface area contributed by atoms with E-state index in [2.05, 4.69) is 20.5 Å². The summed E-state index contributed by atoms with van der Waals surface area (Å²) in [4.78, 5) is 19.9. The van der Waals surface area contributed by atoms with Gasteiger partial charge in [0.05, 0.1) is 23.6 Å². The van der Waals surface area contributed by atoms with Gasteiger partial charge in [-0.05, 0) is 29.6 Å². The minimum atomic E-state index is -0.246. The van der Waals surface area contributed by atoms with E-state index in [0.717, 1.165) is 15.9 Å². The van der Waals surface area contributed by atoms with Gasteiger partial charge in [0, 0.05) is 10.4 Å². The van der Waals surface area contributed by atoms with E-state index in [4.69, 9.17) is 0 Å². The lowest BCUT2D eigenvalue weighted by atomic mass is 10.2. The van der Waals surface area contributed by atoms with Crippen molar-refractivity contribution in [2.75, 3.05) is 0 Å². The van der Waals surface area contributed by atoms with E-state index in [1.165, 1.54) is 0 Å². The van der Waals surface area contributed by atoms with Crippen LogP contribution in [0.25, 0.3) is 11.0 Å². The molecule has 6 heteroatoms. The number of nitrogens with zero attached hydrogens (tertiary/aromatic N) is 2. The first kappa shape index (κ1) is 11.6. The van der Waals surface area contributed by atoms with Crippen molar-refractivity contribution in [3.8, 4) is 0 Å². The lowest BCUT2D eigenvalue weighted by Crippen LogP contribution is -2.17. The molecule has 0 radical (unpaired) electrons. The number of hydrogen-bond acceptors (Lipinski definition) is 4. The molecule has 94 valence electrons. The van der Waals surface area contributed by atoms with Crippen LogP contribution in [0.15, 0.2) is 47.1 Å². The third-order valence-electron chi connectivity index (χ3n) is 2.58. The van der Waals surface area contributed by atoms with Gasteiger partial charge in [-0.3, -0.25) is 4.79 Å². The number of thiophene rings is 1. The van der Waals surface area contributed by atoms with Crippen molar-refractivity contribution in [1.82, 2.24) is 15.4 Å². The van der Waals surface area contributed by atoms with Crippen LogP contribution in [0.2, 0.25) is 0 Å². The topological polar surface area (TPSA) is 70.1 Å². The zero-order valence-electron chi connectivity index (χ0n) is 9.83. The summed E-state index contributed by atoms with van der Waals surface area (Å²) in [5.74, 6) is -0.246. The summed E-state index contributed by atoms with van der Waals surface area (Å²) < 4.78 is 0. The highest BCUT2D eigenvalue weighted by Gasteiger charge is 2.05. The second kappa shape index (κ2) is 5.03. The predicted octanol–water partition coefficient (Wildman–Crippen LogP) is 2.39. The molecule has 0 atom stereocenters. The molecule has 3 aromatic rings. The third kappa shape index (κ3) is 2.53. The number of imidazole rings is 1. The Morgan fingerprint density at radius 2 is 2.37 bits per heavy atom. The van der Waals surface area contributed by atoms with Crippen LogP contribution in [0.4, 0.5) is 0 Å². The zero-order valence-corrected chi connectivity index (χ0v) is 10.6. The molecule has 0 unspecified atom stereocenters. The molecule has 3 rings (SSSR count). The third-order valence-corrected chi connectivity index (χ3v) is 3.39. The highest BCUT2D eigenvalue weighted by atomic mass is 32.1. The monoisotopic (exact) mass is 270 g/mol. The van der Waals surface area contributed by atoms with Gasteiger partial charge in [-0.15, -0.1) is 11.3 Å². The number of carbonyl (C=O) groups is 1. The van der Waals surface area contributed by atoms with Gasteiger partial charge in [0.15, 0.2) is 0 Å². The molecule has 0 spiro atoms. The fourth-order valence-corrected chi connectivity index (χ4v) is 2.25. The Labute approximate surface area is 113 Å². The highest BCUT2D eigenvalue weighted by molar-refractivity contribution is 7.11. The molecule has 0 aliphatic heterocycles. The number of H-pyrrole nitrogens is 1. The average Bonchev–Trinajstić information content (AvgIpc) is 3.08. The van der Waals surface area contributed by atoms with E-state index in [9.17, 15) is 4.79 Å². The normalized spacial score (nSPS) is 11.2. The van der Waals surface area contributed by atoms with Gasteiger partial charge in [-0.1, -0.05) is 6.07 Å². The van der Waals surface area contributed by atoms with Crippen molar-refractivity contribution < 1.29 is 4.79 Å². The molecule has 2 N–H and O–H groups in total. The van der Waals surface area contributed by atoms with Crippen LogP contribution < -0.4 is 5.43 Å². The first-order valence-corrected chi connectivity index (χ1v) is 6.51. The lowest BCUT2D eigenvalue weighted by molar-refractivity contribution is 0.0955. The summed E-state index contributed by atoms with van der Waals surface area (Å²) in [6, 6.07) is 9.12. The summed E-state index contributed by atoms with van der Waals surface area (Å²) in [5, 5.41) is 5.87. The Hall–Kier alpha value is -2.47. The maximum Gasteiger partial charge on any atom is 0.271 e. The van der Waals surface area contributed by atoms with Crippen LogP contribution in [0.1, 0.15) is 15.2 Å². The van der Waals surface area contributed by atoms with E-state index >= 15 is 0 Å².